The van der Waals surface area contributed by atoms with Gasteiger partial charge in [-0.2, -0.15) is 0 Å². The Balaban J connectivity index is 2.54. The summed E-state index contributed by atoms with van der Waals surface area (Å²) in [5.41, 5.74) is 5.49. The Morgan fingerprint density at radius 2 is 2.29 bits per heavy atom. The second kappa shape index (κ2) is 5.33. The molecule has 1 aromatic rings. The highest BCUT2D eigenvalue weighted by molar-refractivity contribution is 7.99. The standard InChI is InChI=1S/C8H16N4OS/c1-6(13-3)5-14-8-11-10-7(4-9)12(8)2/h6H,4-5,9H2,1-3H3. The molecule has 80 valence electrons. The number of ether oxygens (including phenoxy) is 1. The Labute approximate surface area is 88.0 Å². The molecule has 1 aromatic heterocycles. The summed E-state index contributed by atoms with van der Waals surface area (Å²) in [6, 6.07) is 0. The van der Waals surface area contributed by atoms with E-state index in [0.29, 0.717) is 6.54 Å². The van der Waals surface area contributed by atoms with Crippen LogP contribution in [-0.2, 0) is 18.3 Å². The van der Waals surface area contributed by atoms with Gasteiger partial charge in [0.1, 0.15) is 5.82 Å². The van der Waals surface area contributed by atoms with Crippen molar-refractivity contribution in [3.63, 3.8) is 0 Å². The van der Waals surface area contributed by atoms with Crippen molar-refractivity contribution in [2.24, 2.45) is 12.8 Å². The van der Waals surface area contributed by atoms with Gasteiger partial charge in [0.15, 0.2) is 5.16 Å². The summed E-state index contributed by atoms with van der Waals surface area (Å²) < 4.78 is 7.05. The molecule has 14 heavy (non-hydrogen) atoms. The molecular formula is C8H16N4OS. The Morgan fingerprint density at radius 3 is 2.79 bits per heavy atom. The minimum absolute atomic E-state index is 0.220. The van der Waals surface area contributed by atoms with Crippen LogP contribution < -0.4 is 5.73 Å². The molecule has 2 N–H and O–H groups in total. The van der Waals surface area contributed by atoms with Crippen molar-refractivity contribution in [3.05, 3.63) is 5.82 Å². The van der Waals surface area contributed by atoms with Crippen molar-refractivity contribution in [1.82, 2.24) is 14.8 Å². The highest BCUT2D eigenvalue weighted by Crippen LogP contribution is 2.16. The van der Waals surface area contributed by atoms with Crippen LogP contribution in [0.5, 0.6) is 0 Å². The molecule has 1 heterocycles. The molecule has 6 heteroatoms. The molecule has 0 aromatic carbocycles. The zero-order valence-corrected chi connectivity index (χ0v) is 9.54. The van der Waals surface area contributed by atoms with Crippen LogP contribution in [0.2, 0.25) is 0 Å². The Kier molecular flexibility index (Phi) is 4.37. The molecule has 1 rings (SSSR count). The average molecular weight is 216 g/mol. The molecule has 0 aliphatic heterocycles. The fraction of sp³-hybridized carbons (Fsp3) is 0.750. The molecule has 0 bridgehead atoms. The molecule has 0 fully saturated rings. The molecule has 1 atom stereocenters. The van der Waals surface area contributed by atoms with Crippen LogP contribution in [-0.4, -0.2) is 33.7 Å². The average Bonchev–Trinajstić information content (AvgIpc) is 2.56. The number of aromatic nitrogens is 3. The fourth-order valence-electron chi connectivity index (χ4n) is 0.908. The minimum atomic E-state index is 0.220. The van der Waals surface area contributed by atoms with Crippen molar-refractivity contribution in [1.29, 1.82) is 0 Å². The second-order valence-corrected chi connectivity index (χ2v) is 4.01. The Bertz CT molecular complexity index is 289. The van der Waals surface area contributed by atoms with Gasteiger partial charge in [-0.3, -0.25) is 0 Å². The number of rotatable bonds is 5. The summed E-state index contributed by atoms with van der Waals surface area (Å²) >= 11 is 1.62. The maximum atomic E-state index is 5.49. The molecular weight excluding hydrogens is 200 g/mol. The summed E-state index contributed by atoms with van der Waals surface area (Å²) in [6.07, 6.45) is 0.220. The quantitative estimate of drug-likeness (QED) is 0.722. The van der Waals surface area contributed by atoms with Gasteiger partial charge in [-0.15, -0.1) is 10.2 Å². The number of nitrogens with two attached hydrogens (primary N) is 1. The van der Waals surface area contributed by atoms with Crippen LogP contribution in [0.4, 0.5) is 0 Å². The number of thioether (sulfide) groups is 1. The van der Waals surface area contributed by atoms with E-state index in [-0.39, 0.29) is 6.10 Å². The first kappa shape index (κ1) is 11.5. The van der Waals surface area contributed by atoms with E-state index in [9.17, 15) is 0 Å². The van der Waals surface area contributed by atoms with E-state index in [0.717, 1.165) is 16.7 Å². The number of hydrogen-bond acceptors (Lipinski definition) is 5. The van der Waals surface area contributed by atoms with Crippen molar-refractivity contribution < 1.29 is 4.74 Å². The topological polar surface area (TPSA) is 66.0 Å². The van der Waals surface area contributed by atoms with E-state index >= 15 is 0 Å². The third-order valence-electron chi connectivity index (χ3n) is 1.96. The molecule has 5 nitrogen and oxygen atoms in total. The summed E-state index contributed by atoms with van der Waals surface area (Å²) in [4.78, 5) is 0. The van der Waals surface area contributed by atoms with Crippen LogP contribution in [0.25, 0.3) is 0 Å². The fourth-order valence-corrected chi connectivity index (χ4v) is 1.83. The van der Waals surface area contributed by atoms with E-state index in [4.69, 9.17) is 10.5 Å². The van der Waals surface area contributed by atoms with Gasteiger partial charge in [-0.25, -0.2) is 0 Å². The largest absolute Gasteiger partial charge is 0.381 e. The van der Waals surface area contributed by atoms with Gasteiger partial charge in [0.05, 0.1) is 12.6 Å². The van der Waals surface area contributed by atoms with Gasteiger partial charge in [-0.1, -0.05) is 11.8 Å². The maximum absolute atomic E-state index is 5.49. The first-order valence-corrected chi connectivity index (χ1v) is 5.41. The smallest absolute Gasteiger partial charge is 0.191 e. The highest BCUT2D eigenvalue weighted by atomic mass is 32.2. The van der Waals surface area contributed by atoms with Crippen molar-refractivity contribution >= 4 is 11.8 Å². The Hall–Kier alpha value is -0.590. The SMILES string of the molecule is COC(C)CSc1nnc(CN)n1C. The van der Waals surface area contributed by atoms with Crippen molar-refractivity contribution in [3.8, 4) is 0 Å². The first-order valence-electron chi connectivity index (χ1n) is 4.43. The first-order chi connectivity index (χ1) is 6.69. The lowest BCUT2D eigenvalue weighted by Crippen LogP contribution is -2.09. The zero-order chi connectivity index (χ0) is 10.6. The van der Waals surface area contributed by atoms with Gasteiger partial charge in [0.25, 0.3) is 0 Å². The lowest BCUT2D eigenvalue weighted by Gasteiger charge is -2.07. The van der Waals surface area contributed by atoms with Gasteiger partial charge in [0.2, 0.25) is 0 Å². The van der Waals surface area contributed by atoms with E-state index in [2.05, 4.69) is 10.2 Å². The predicted molar refractivity (Wildman–Crippen MR) is 56.1 cm³/mol. The van der Waals surface area contributed by atoms with Gasteiger partial charge >= 0.3 is 0 Å². The minimum Gasteiger partial charge on any atom is -0.381 e. The van der Waals surface area contributed by atoms with Crippen LogP contribution in [0.1, 0.15) is 12.7 Å². The zero-order valence-electron chi connectivity index (χ0n) is 8.73. The lowest BCUT2D eigenvalue weighted by molar-refractivity contribution is 0.137. The predicted octanol–water partition coefficient (Wildman–Crippen LogP) is 0.401. The second-order valence-electron chi connectivity index (χ2n) is 3.02. The third-order valence-corrected chi connectivity index (χ3v) is 3.21. The van der Waals surface area contributed by atoms with Crippen LogP contribution in [0, 0.1) is 0 Å². The van der Waals surface area contributed by atoms with Crippen LogP contribution in [0.15, 0.2) is 5.16 Å². The normalized spacial score (nSPS) is 13.1. The van der Waals surface area contributed by atoms with E-state index in [1.165, 1.54) is 0 Å². The molecule has 0 aliphatic rings. The molecule has 0 spiro atoms. The summed E-state index contributed by atoms with van der Waals surface area (Å²) in [6.45, 7) is 2.44. The molecule has 0 saturated heterocycles. The van der Waals surface area contributed by atoms with E-state index < -0.39 is 0 Å². The lowest BCUT2D eigenvalue weighted by atomic mass is 10.5. The van der Waals surface area contributed by atoms with Crippen LogP contribution in [0.3, 0.4) is 0 Å². The van der Waals surface area contributed by atoms with Crippen molar-refractivity contribution in [2.45, 2.75) is 24.7 Å². The van der Waals surface area contributed by atoms with Crippen molar-refractivity contribution in [2.75, 3.05) is 12.9 Å². The molecule has 1 unspecified atom stereocenters. The molecule has 0 saturated carbocycles. The van der Waals surface area contributed by atoms with Gasteiger partial charge in [0, 0.05) is 19.9 Å². The monoisotopic (exact) mass is 216 g/mol. The highest BCUT2D eigenvalue weighted by Gasteiger charge is 2.09. The van der Waals surface area contributed by atoms with Crippen LogP contribution >= 0.6 is 11.8 Å². The number of hydrogen-bond donors (Lipinski definition) is 1. The maximum Gasteiger partial charge on any atom is 0.191 e. The van der Waals surface area contributed by atoms with E-state index in [1.54, 1.807) is 18.9 Å². The number of methoxy groups -OCH3 is 1. The summed E-state index contributed by atoms with van der Waals surface area (Å²) in [7, 11) is 3.62. The van der Waals surface area contributed by atoms with Gasteiger partial charge in [-0.05, 0) is 6.92 Å². The molecule has 0 radical (unpaired) electrons. The third kappa shape index (κ3) is 2.70. The van der Waals surface area contributed by atoms with Gasteiger partial charge < -0.3 is 15.0 Å². The summed E-state index contributed by atoms with van der Waals surface area (Å²) in [5.74, 6) is 1.67. The molecule has 0 aliphatic carbocycles. The van der Waals surface area contributed by atoms with E-state index in [1.807, 2.05) is 18.5 Å². The molecule has 0 amide bonds. The Morgan fingerprint density at radius 1 is 1.57 bits per heavy atom. The summed E-state index contributed by atoms with van der Waals surface area (Å²) in [5, 5.41) is 8.88. The number of nitrogens with zero attached hydrogens (tertiary/aromatic N) is 3.